The lowest BCUT2D eigenvalue weighted by Gasteiger charge is -2.21. The quantitative estimate of drug-likeness (QED) is 0.607. The van der Waals surface area contributed by atoms with Crippen LogP contribution in [0.1, 0.15) is 69.4 Å². The first-order chi connectivity index (χ1) is 15.4. The summed E-state index contributed by atoms with van der Waals surface area (Å²) in [6.07, 6.45) is 2.11. The van der Waals surface area contributed by atoms with Crippen LogP contribution in [-0.4, -0.2) is 33.2 Å². The number of nitrogens with one attached hydrogen (secondary N) is 1. The van der Waals surface area contributed by atoms with Gasteiger partial charge >= 0.3 is 11.7 Å². The maximum absolute atomic E-state index is 14.4. The van der Waals surface area contributed by atoms with Gasteiger partial charge in [0.25, 0.3) is 11.5 Å². The summed E-state index contributed by atoms with van der Waals surface area (Å²) in [5.74, 6) is -4.12. The third-order valence-corrected chi connectivity index (χ3v) is 7.61. The van der Waals surface area contributed by atoms with Crippen molar-refractivity contribution in [2.75, 3.05) is 6.54 Å². The molecule has 1 atom stereocenters. The summed E-state index contributed by atoms with van der Waals surface area (Å²) in [6, 6.07) is -0.155. The Morgan fingerprint density at radius 3 is 2.52 bits per heavy atom. The number of nitrogens with zero attached hydrogens (tertiary/aromatic N) is 2. The van der Waals surface area contributed by atoms with Crippen LogP contribution in [0.3, 0.4) is 0 Å². The summed E-state index contributed by atoms with van der Waals surface area (Å²) in [6.45, 7) is 7.39. The second-order valence-corrected chi connectivity index (χ2v) is 11.3. The van der Waals surface area contributed by atoms with Crippen LogP contribution >= 0.6 is 11.3 Å². The number of esters is 1. The SMILES string of the molecule is Cc1c(CNCC(=O)OC(C)(C)C)sc2c1c(=O)n(C1CC1)c(=O)n2CC1CCCC1(F)F. The second kappa shape index (κ2) is 8.61. The van der Waals surface area contributed by atoms with Gasteiger partial charge in [-0.25, -0.2) is 13.6 Å². The number of carbonyl (C=O) groups is 1. The van der Waals surface area contributed by atoms with Crippen LogP contribution < -0.4 is 16.6 Å². The zero-order valence-electron chi connectivity index (χ0n) is 19.5. The summed E-state index contributed by atoms with van der Waals surface area (Å²) < 4.78 is 36.7. The molecular formula is C23H31F2N3O4S. The molecule has 0 bridgehead atoms. The molecule has 0 spiro atoms. The lowest BCUT2D eigenvalue weighted by molar-refractivity contribution is -0.153. The first kappa shape index (κ1) is 24.1. The largest absolute Gasteiger partial charge is 0.459 e. The minimum Gasteiger partial charge on any atom is -0.459 e. The van der Waals surface area contributed by atoms with E-state index in [9.17, 15) is 23.2 Å². The molecule has 1 unspecified atom stereocenters. The normalized spacial score (nSPS) is 20.5. The molecule has 2 saturated carbocycles. The van der Waals surface area contributed by atoms with Crippen LogP contribution in [0, 0.1) is 12.8 Å². The Bertz CT molecular complexity index is 1190. The average Bonchev–Trinajstić information content (AvgIpc) is 3.38. The van der Waals surface area contributed by atoms with E-state index in [0.717, 1.165) is 23.3 Å². The molecule has 33 heavy (non-hydrogen) atoms. The van der Waals surface area contributed by atoms with Crippen molar-refractivity contribution in [1.29, 1.82) is 0 Å². The van der Waals surface area contributed by atoms with Gasteiger partial charge in [-0.2, -0.15) is 0 Å². The number of rotatable bonds is 7. The molecule has 2 aromatic heterocycles. The van der Waals surface area contributed by atoms with Crippen LogP contribution in [0.2, 0.25) is 0 Å². The van der Waals surface area contributed by atoms with E-state index in [1.54, 1.807) is 27.7 Å². The van der Waals surface area contributed by atoms with Crippen molar-refractivity contribution >= 4 is 27.5 Å². The number of aromatic nitrogens is 2. The van der Waals surface area contributed by atoms with E-state index in [0.29, 0.717) is 29.6 Å². The Morgan fingerprint density at radius 2 is 1.94 bits per heavy atom. The first-order valence-corrected chi connectivity index (χ1v) is 12.3. The number of halogens is 2. The molecule has 2 aliphatic rings. The van der Waals surface area contributed by atoms with E-state index in [4.69, 9.17) is 4.74 Å². The second-order valence-electron chi connectivity index (χ2n) is 10.2. The van der Waals surface area contributed by atoms with Gasteiger partial charge in [0.1, 0.15) is 10.4 Å². The highest BCUT2D eigenvalue weighted by Crippen LogP contribution is 2.42. The zero-order valence-corrected chi connectivity index (χ0v) is 20.3. The average molecular weight is 484 g/mol. The number of carbonyl (C=O) groups excluding carboxylic acids is 1. The van der Waals surface area contributed by atoms with Gasteiger partial charge in [-0.15, -0.1) is 11.3 Å². The van der Waals surface area contributed by atoms with E-state index >= 15 is 0 Å². The summed E-state index contributed by atoms with van der Waals surface area (Å²) in [5.41, 5.74) is -0.706. The van der Waals surface area contributed by atoms with Crippen molar-refractivity contribution in [1.82, 2.24) is 14.5 Å². The number of hydrogen-bond donors (Lipinski definition) is 1. The van der Waals surface area contributed by atoms with Gasteiger partial charge in [0.15, 0.2) is 0 Å². The molecule has 182 valence electrons. The van der Waals surface area contributed by atoms with Gasteiger partial charge in [-0.3, -0.25) is 18.7 Å². The van der Waals surface area contributed by atoms with Gasteiger partial charge in [0.05, 0.1) is 11.9 Å². The highest BCUT2D eigenvalue weighted by Gasteiger charge is 2.44. The Labute approximate surface area is 194 Å². The molecule has 0 saturated heterocycles. The van der Waals surface area contributed by atoms with Crippen molar-refractivity contribution in [3.63, 3.8) is 0 Å². The first-order valence-electron chi connectivity index (χ1n) is 11.5. The van der Waals surface area contributed by atoms with Crippen molar-refractivity contribution in [2.24, 2.45) is 5.92 Å². The van der Waals surface area contributed by atoms with Gasteiger partial charge in [0.2, 0.25) is 0 Å². The van der Waals surface area contributed by atoms with Gasteiger partial charge in [-0.05, 0) is 58.9 Å². The minimum absolute atomic E-state index is 0.00162. The molecule has 0 amide bonds. The highest BCUT2D eigenvalue weighted by atomic mass is 32.1. The Morgan fingerprint density at radius 1 is 1.24 bits per heavy atom. The van der Waals surface area contributed by atoms with Crippen LogP contribution in [0.4, 0.5) is 8.78 Å². The molecule has 2 aromatic rings. The van der Waals surface area contributed by atoms with Crippen LogP contribution in [0.15, 0.2) is 9.59 Å². The minimum atomic E-state index is -2.81. The molecule has 4 rings (SSSR count). The molecule has 7 nitrogen and oxygen atoms in total. The fourth-order valence-corrected chi connectivity index (χ4v) is 5.76. The lowest BCUT2D eigenvalue weighted by atomic mass is 10.1. The fourth-order valence-electron chi connectivity index (χ4n) is 4.50. The third-order valence-electron chi connectivity index (χ3n) is 6.29. The zero-order chi connectivity index (χ0) is 24.1. The van der Waals surface area contributed by atoms with Crippen molar-refractivity contribution in [3.05, 3.63) is 31.3 Å². The molecular weight excluding hydrogens is 452 g/mol. The molecule has 0 aromatic carbocycles. The van der Waals surface area contributed by atoms with Crippen LogP contribution in [0.25, 0.3) is 10.2 Å². The van der Waals surface area contributed by atoms with Crippen molar-refractivity contribution in [3.8, 4) is 0 Å². The monoisotopic (exact) mass is 483 g/mol. The third kappa shape index (κ3) is 4.91. The summed E-state index contributed by atoms with van der Waals surface area (Å²) in [5, 5.41) is 3.45. The molecule has 0 aliphatic heterocycles. The summed E-state index contributed by atoms with van der Waals surface area (Å²) in [7, 11) is 0. The molecule has 10 heteroatoms. The highest BCUT2D eigenvalue weighted by molar-refractivity contribution is 7.18. The number of hydrogen-bond acceptors (Lipinski definition) is 6. The van der Waals surface area contributed by atoms with Gasteiger partial charge < -0.3 is 10.1 Å². The maximum Gasteiger partial charge on any atom is 0.332 e. The molecule has 2 aliphatic carbocycles. The number of fused-ring (bicyclic) bond motifs is 1. The predicted octanol–water partition coefficient (Wildman–Crippen LogP) is 3.73. The van der Waals surface area contributed by atoms with Crippen LogP contribution in [-0.2, 0) is 22.6 Å². The van der Waals surface area contributed by atoms with E-state index in [-0.39, 0.29) is 31.1 Å². The topological polar surface area (TPSA) is 82.3 Å². The Hall–Kier alpha value is -2.07. The van der Waals surface area contributed by atoms with E-state index in [1.807, 2.05) is 0 Å². The Balaban J connectivity index is 1.68. The van der Waals surface area contributed by atoms with E-state index in [2.05, 4.69) is 5.32 Å². The molecule has 1 N–H and O–H groups in total. The molecule has 2 heterocycles. The van der Waals surface area contributed by atoms with Crippen LogP contribution in [0.5, 0.6) is 0 Å². The predicted molar refractivity (Wildman–Crippen MR) is 123 cm³/mol. The fraction of sp³-hybridized carbons (Fsp3) is 0.696. The van der Waals surface area contributed by atoms with Crippen molar-refractivity contribution in [2.45, 2.75) is 90.5 Å². The summed E-state index contributed by atoms with van der Waals surface area (Å²) in [4.78, 5) is 39.7. The van der Waals surface area contributed by atoms with Gasteiger partial charge in [-0.1, -0.05) is 0 Å². The van der Waals surface area contributed by atoms with Gasteiger partial charge in [0, 0.05) is 36.3 Å². The van der Waals surface area contributed by atoms with E-state index < -0.39 is 29.1 Å². The summed E-state index contributed by atoms with van der Waals surface area (Å²) >= 11 is 1.26. The number of ether oxygens (including phenoxy) is 1. The van der Waals surface area contributed by atoms with Crippen molar-refractivity contribution < 1.29 is 18.3 Å². The standard InChI is InChI=1S/C23H31F2N3O4S/c1-13-16(10-26-11-17(29)32-22(2,3)4)33-20-18(13)19(30)28(15-7-8-15)21(31)27(20)12-14-6-5-9-23(14,24)25/h14-15,26H,5-12H2,1-4H3. The Kier molecular flexibility index (Phi) is 6.28. The lowest BCUT2D eigenvalue weighted by Crippen LogP contribution is -2.41. The molecule has 2 fully saturated rings. The maximum atomic E-state index is 14.4. The van der Waals surface area contributed by atoms with E-state index in [1.165, 1.54) is 20.5 Å². The number of alkyl halides is 2. The number of thiophene rings is 1. The smallest absolute Gasteiger partial charge is 0.332 e. The molecule has 0 radical (unpaired) electrons. The number of aryl methyl sites for hydroxylation is 1.